The predicted octanol–water partition coefficient (Wildman–Crippen LogP) is 1.63. The van der Waals surface area contributed by atoms with Gasteiger partial charge in [0.15, 0.2) is 0 Å². The molecular weight excluding hydrogens is 230 g/mol. The summed E-state index contributed by atoms with van der Waals surface area (Å²) in [7, 11) is 0. The monoisotopic (exact) mass is 251 g/mol. The summed E-state index contributed by atoms with van der Waals surface area (Å²) in [4.78, 5) is 11.9. The van der Waals surface area contributed by atoms with Crippen molar-refractivity contribution in [2.24, 2.45) is 0 Å². The number of aromatic nitrogens is 2. The van der Waals surface area contributed by atoms with Crippen molar-refractivity contribution in [3.8, 4) is 0 Å². The summed E-state index contributed by atoms with van der Waals surface area (Å²) in [6.45, 7) is 5.56. The molecule has 18 heavy (non-hydrogen) atoms. The lowest BCUT2D eigenvalue weighted by Crippen LogP contribution is -2.28. The summed E-state index contributed by atoms with van der Waals surface area (Å²) < 4.78 is 7.19. The standard InChI is InChI=1S/C13H21N3O2/c1-3-6-14-11-7-13(17)16(15-8-11)9-12-5-4-10(2)18-12/h7-8,10,12,14H,3-6,9H2,1-2H3. The average molecular weight is 251 g/mol. The third-order valence-corrected chi connectivity index (χ3v) is 3.15. The second-order valence-electron chi connectivity index (χ2n) is 4.84. The highest BCUT2D eigenvalue weighted by atomic mass is 16.5. The molecule has 0 spiro atoms. The minimum absolute atomic E-state index is 0.0701. The molecule has 1 fully saturated rings. The minimum atomic E-state index is -0.0701. The van der Waals surface area contributed by atoms with Gasteiger partial charge in [0.25, 0.3) is 5.56 Å². The van der Waals surface area contributed by atoms with Crippen molar-refractivity contribution >= 4 is 5.69 Å². The van der Waals surface area contributed by atoms with Crippen molar-refractivity contribution < 1.29 is 4.74 Å². The molecule has 0 aromatic carbocycles. The highest BCUT2D eigenvalue weighted by Crippen LogP contribution is 2.19. The second-order valence-corrected chi connectivity index (χ2v) is 4.84. The number of ether oxygens (including phenoxy) is 1. The number of nitrogens with one attached hydrogen (secondary N) is 1. The molecule has 0 aliphatic carbocycles. The first kappa shape index (κ1) is 13.1. The van der Waals surface area contributed by atoms with Gasteiger partial charge in [0.05, 0.1) is 30.6 Å². The molecule has 0 bridgehead atoms. The summed E-state index contributed by atoms with van der Waals surface area (Å²) in [5.74, 6) is 0. The lowest BCUT2D eigenvalue weighted by molar-refractivity contribution is 0.0428. The quantitative estimate of drug-likeness (QED) is 0.864. The van der Waals surface area contributed by atoms with Crippen LogP contribution in [0.5, 0.6) is 0 Å². The molecule has 1 aromatic rings. The smallest absolute Gasteiger partial charge is 0.268 e. The molecule has 5 heteroatoms. The summed E-state index contributed by atoms with van der Waals surface area (Å²) in [5, 5.41) is 7.34. The van der Waals surface area contributed by atoms with Crippen LogP contribution < -0.4 is 10.9 Å². The van der Waals surface area contributed by atoms with Crippen LogP contribution in [-0.4, -0.2) is 28.5 Å². The SMILES string of the molecule is CCCNc1cnn(CC2CCC(C)O2)c(=O)c1. The van der Waals surface area contributed by atoms with E-state index in [0.29, 0.717) is 12.6 Å². The van der Waals surface area contributed by atoms with E-state index in [-0.39, 0.29) is 11.7 Å². The van der Waals surface area contributed by atoms with E-state index in [0.717, 1.165) is 31.5 Å². The number of hydrogen-bond donors (Lipinski definition) is 1. The molecule has 1 aromatic heterocycles. The average Bonchev–Trinajstić information content (AvgIpc) is 2.75. The molecule has 1 aliphatic rings. The fraction of sp³-hybridized carbons (Fsp3) is 0.692. The molecular formula is C13H21N3O2. The zero-order chi connectivity index (χ0) is 13.0. The van der Waals surface area contributed by atoms with E-state index in [1.165, 1.54) is 4.68 Å². The van der Waals surface area contributed by atoms with Gasteiger partial charge >= 0.3 is 0 Å². The summed E-state index contributed by atoms with van der Waals surface area (Å²) in [6.07, 6.45) is 5.23. The van der Waals surface area contributed by atoms with E-state index in [4.69, 9.17) is 4.74 Å². The molecule has 0 saturated carbocycles. The Balaban J connectivity index is 1.99. The van der Waals surface area contributed by atoms with Crippen LogP contribution in [0.15, 0.2) is 17.1 Å². The first-order valence-corrected chi connectivity index (χ1v) is 6.65. The second kappa shape index (κ2) is 6.00. The molecule has 2 rings (SSSR count). The van der Waals surface area contributed by atoms with Gasteiger partial charge < -0.3 is 10.1 Å². The van der Waals surface area contributed by atoms with E-state index >= 15 is 0 Å². The highest BCUT2D eigenvalue weighted by molar-refractivity contribution is 5.38. The van der Waals surface area contributed by atoms with E-state index < -0.39 is 0 Å². The lowest BCUT2D eigenvalue weighted by atomic mass is 10.2. The van der Waals surface area contributed by atoms with Gasteiger partial charge in [-0.05, 0) is 26.2 Å². The largest absolute Gasteiger partial charge is 0.384 e. The normalized spacial score (nSPS) is 23.2. The molecule has 0 radical (unpaired) electrons. The molecule has 2 atom stereocenters. The number of anilines is 1. The van der Waals surface area contributed by atoms with Gasteiger partial charge in [0, 0.05) is 12.6 Å². The number of hydrogen-bond acceptors (Lipinski definition) is 4. The molecule has 5 nitrogen and oxygen atoms in total. The first-order valence-electron chi connectivity index (χ1n) is 6.65. The van der Waals surface area contributed by atoms with Crippen molar-refractivity contribution in [2.45, 2.75) is 51.9 Å². The fourth-order valence-electron chi connectivity index (χ4n) is 2.15. The Kier molecular flexibility index (Phi) is 4.36. The Bertz CT molecular complexity index is 444. The van der Waals surface area contributed by atoms with Crippen LogP contribution in [0.4, 0.5) is 5.69 Å². The molecule has 2 unspecified atom stereocenters. The van der Waals surface area contributed by atoms with Gasteiger partial charge in [0.1, 0.15) is 0 Å². The maximum atomic E-state index is 11.9. The fourth-order valence-corrected chi connectivity index (χ4v) is 2.15. The van der Waals surface area contributed by atoms with Crippen molar-refractivity contribution in [1.82, 2.24) is 9.78 Å². The van der Waals surface area contributed by atoms with Gasteiger partial charge in [-0.3, -0.25) is 4.79 Å². The predicted molar refractivity (Wildman–Crippen MR) is 70.8 cm³/mol. The summed E-state index contributed by atoms with van der Waals surface area (Å²) >= 11 is 0. The Hall–Kier alpha value is -1.36. The third-order valence-electron chi connectivity index (χ3n) is 3.15. The third kappa shape index (κ3) is 3.32. The van der Waals surface area contributed by atoms with E-state index in [1.54, 1.807) is 12.3 Å². The zero-order valence-corrected chi connectivity index (χ0v) is 11.1. The van der Waals surface area contributed by atoms with E-state index in [9.17, 15) is 4.79 Å². The van der Waals surface area contributed by atoms with Crippen LogP contribution in [0.2, 0.25) is 0 Å². The van der Waals surface area contributed by atoms with Crippen molar-refractivity contribution in [2.75, 3.05) is 11.9 Å². The Morgan fingerprint density at radius 1 is 1.56 bits per heavy atom. The Labute approximate surface area is 107 Å². The topological polar surface area (TPSA) is 56.1 Å². The van der Waals surface area contributed by atoms with Crippen LogP contribution in [0.3, 0.4) is 0 Å². The maximum Gasteiger partial charge on any atom is 0.268 e. The van der Waals surface area contributed by atoms with Crippen molar-refractivity contribution in [1.29, 1.82) is 0 Å². The first-order chi connectivity index (χ1) is 8.69. The van der Waals surface area contributed by atoms with Crippen LogP contribution >= 0.6 is 0 Å². The molecule has 2 heterocycles. The van der Waals surface area contributed by atoms with Crippen LogP contribution in [-0.2, 0) is 11.3 Å². The van der Waals surface area contributed by atoms with E-state index in [2.05, 4.69) is 24.3 Å². The highest BCUT2D eigenvalue weighted by Gasteiger charge is 2.22. The Morgan fingerprint density at radius 3 is 3.00 bits per heavy atom. The van der Waals surface area contributed by atoms with Gasteiger partial charge in [-0.15, -0.1) is 0 Å². The lowest BCUT2D eigenvalue weighted by Gasteiger charge is -2.12. The van der Waals surface area contributed by atoms with Crippen molar-refractivity contribution in [3.05, 3.63) is 22.6 Å². The maximum absolute atomic E-state index is 11.9. The number of nitrogens with zero attached hydrogens (tertiary/aromatic N) is 2. The van der Waals surface area contributed by atoms with Crippen LogP contribution in [0.25, 0.3) is 0 Å². The Morgan fingerprint density at radius 2 is 2.39 bits per heavy atom. The van der Waals surface area contributed by atoms with Gasteiger partial charge in [0.2, 0.25) is 0 Å². The minimum Gasteiger partial charge on any atom is -0.384 e. The molecule has 1 saturated heterocycles. The van der Waals surface area contributed by atoms with Gasteiger partial charge in [-0.1, -0.05) is 6.92 Å². The summed E-state index contributed by atoms with van der Waals surface area (Å²) in [6, 6.07) is 1.60. The number of rotatable bonds is 5. The summed E-state index contributed by atoms with van der Waals surface area (Å²) in [5.41, 5.74) is 0.720. The van der Waals surface area contributed by atoms with E-state index in [1.807, 2.05) is 0 Å². The van der Waals surface area contributed by atoms with Crippen molar-refractivity contribution in [3.63, 3.8) is 0 Å². The van der Waals surface area contributed by atoms with Crippen LogP contribution in [0, 0.1) is 0 Å². The van der Waals surface area contributed by atoms with Crippen LogP contribution in [0.1, 0.15) is 33.1 Å². The molecule has 1 N–H and O–H groups in total. The molecule has 100 valence electrons. The zero-order valence-electron chi connectivity index (χ0n) is 11.1. The molecule has 0 amide bonds. The van der Waals surface area contributed by atoms with Gasteiger partial charge in [-0.25, -0.2) is 4.68 Å². The van der Waals surface area contributed by atoms with Gasteiger partial charge in [-0.2, -0.15) is 5.10 Å². The molecule has 1 aliphatic heterocycles.